The van der Waals surface area contributed by atoms with Gasteiger partial charge in [0.15, 0.2) is 0 Å². The monoisotopic (exact) mass is 456 g/mol. The third-order valence-corrected chi connectivity index (χ3v) is 7.07. The number of amides is 1. The van der Waals surface area contributed by atoms with Gasteiger partial charge in [0.2, 0.25) is 5.91 Å². The number of halogens is 1. The third-order valence-electron chi connectivity index (χ3n) is 4.98. The Kier molecular flexibility index (Phi) is 7.03. The normalized spacial score (nSPS) is 11.2. The van der Waals surface area contributed by atoms with Gasteiger partial charge in [-0.2, -0.15) is 0 Å². The molecule has 162 valence electrons. The predicted molar refractivity (Wildman–Crippen MR) is 125 cm³/mol. The quantitative estimate of drug-likeness (QED) is 0.512. The van der Waals surface area contributed by atoms with Crippen molar-refractivity contribution in [1.82, 2.24) is 4.90 Å². The van der Waals surface area contributed by atoms with Crippen molar-refractivity contribution in [2.45, 2.75) is 25.3 Å². The number of hydrogen-bond acceptors (Lipinski definition) is 3. The summed E-state index contributed by atoms with van der Waals surface area (Å²) in [6.07, 6.45) is 0. The fraction of sp³-hybridized carbons (Fsp3) is 0.208. The first kappa shape index (κ1) is 22.8. The van der Waals surface area contributed by atoms with Crippen molar-refractivity contribution < 1.29 is 13.2 Å². The lowest BCUT2D eigenvalue weighted by atomic mass is 10.1. The second-order valence-electron chi connectivity index (χ2n) is 7.51. The summed E-state index contributed by atoms with van der Waals surface area (Å²) in [4.78, 5) is 14.6. The van der Waals surface area contributed by atoms with Gasteiger partial charge in [-0.15, -0.1) is 0 Å². The zero-order valence-electron chi connectivity index (χ0n) is 17.7. The Labute approximate surface area is 188 Å². The van der Waals surface area contributed by atoms with Gasteiger partial charge in [-0.05, 0) is 43.7 Å². The summed E-state index contributed by atoms with van der Waals surface area (Å²) in [6, 6.07) is 21.0. The Bertz CT molecular complexity index is 1160. The zero-order chi connectivity index (χ0) is 22.6. The van der Waals surface area contributed by atoms with Crippen LogP contribution in [0.25, 0.3) is 0 Å². The summed E-state index contributed by atoms with van der Waals surface area (Å²) in [7, 11) is -2.34. The maximum absolute atomic E-state index is 13.4. The van der Waals surface area contributed by atoms with Crippen LogP contribution in [0.5, 0.6) is 0 Å². The van der Waals surface area contributed by atoms with Gasteiger partial charge in [0, 0.05) is 13.6 Å². The van der Waals surface area contributed by atoms with E-state index in [9.17, 15) is 13.2 Å². The van der Waals surface area contributed by atoms with Crippen LogP contribution in [0.3, 0.4) is 0 Å². The van der Waals surface area contributed by atoms with Crippen LogP contribution >= 0.6 is 11.6 Å². The fourth-order valence-corrected chi connectivity index (χ4v) is 4.81. The van der Waals surface area contributed by atoms with E-state index >= 15 is 0 Å². The predicted octanol–water partition coefficient (Wildman–Crippen LogP) is 4.81. The van der Waals surface area contributed by atoms with E-state index in [2.05, 4.69) is 0 Å². The van der Waals surface area contributed by atoms with E-state index < -0.39 is 10.0 Å². The van der Waals surface area contributed by atoms with Crippen LogP contribution in [0.1, 0.15) is 16.7 Å². The average Bonchev–Trinajstić information content (AvgIpc) is 2.74. The second-order valence-corrected chi connectivity index (χ2v) is 9.78. The molecule has 0 saturated carbocycles. The number of carbonyl (C=O) groups excluding carboxylic acids is 1. The van der Waals surface area contributed by atoms with Crippen molar-refractivity contribution >= 4 is 33.2 Å². The van der Waals surface area contributed by atoms with Crippen molar-refractivity contribution in [3.63, 3.8) is 0 Å². The highest BCUT2D eigenvalue weighted by Gasteiger charge is 2.29. The smallest absolute Gasteiger partial charge is 0.264 e. The lowest BCUT2D eigenvalue weighted by Gasteiger charge is -2.27. The second kappa shape index (κ2) is 9.54. The van der Waals surface area contributed by atoms with E-state index in [1.165, 1.54) is 17.0 Å². The lowest BCUT2D eigenvalue weighted by molar-refractivity contribution is -0.128. The van der Waals surface area contributed by atoms with Crippen molar-refractivity contribution in [3.05, 3.63) is 94.5 Å². The van der Waals surface area contributed by atoms with Gasteiger partial charge in [-0.1, -0.05) is 71.3 Å². The number of nitrogens with zero attached hydrogens (tertiary/aromatic N) is 2. The largest absolute Gasteiger partial charge is 0.340 e. The Morgan fingerprint density at radius 2 is 1.42 bits per heavy atom. The van der Waals surface area contributed by atoms with Crippen LogP contribution in [0.15, 0.2) is 77.7 Å². The molecule has 7 heteroatoms. The number of likely N-dealkylation sites (N-methyl/N-ethyl adjacent to an activating group) is 1. The average molecular weight is 457 g/mol. The molecule has 0 N–H and O–H groups in total. The molecule has 0 heterocycles. The number of aryl methyl sites for hydroxylation is 2. The maximum atomic E-state index is 13.4. The first-order chi connectivity index (χ1) is 14.7. The number of anilines is 1. The fourth-order valence-electron chi connectivity index (χ4n) is 3.09. The number of para-hydroxylation sites is 1. The van der Waals surface area contributed by atoms with Gasteiger partial charge in [0.1, 0.15) is 6.54 Å². The van der Waals surface area contributed by atoms with Crippen molar-refractivity contribution in [2.75, 3.05) is 17.9 Å². The molecule has 5 nitrogen and oxygen atoms in total. The molecule has 0 saturated heterocycles. The number of hydrogen-bond donors (Lipinski definition) is 0. The van der Waals surface area contributed by atoms with Crippen LogP contribution in [-0.4, -0.2) is 32.8 Å². The molecule has 0 radical (unpaired) electrons. The summed E-state index contributed by atoms with van der Waals surface area (Å²) in [5.41, 5.74) is 3.30. The molecule has 3 aromatic carbocycles. The van der Waals surface area contributed by atoms with Gasteiger partial charge in [-0.3, -0.25) is 9.10 Å². The third kappa shape index (κ3) is 5.46. The molecule has 3 rings (SSSR count). The molecule has 31 heavy (non-hydrogen) atoms. The van der Waals surface area contributed by atoms with E-state index in [1.807, 2.05) is 38.1 Å². The highest BCUT2D eigenvalue weighted by Crippen LogP contribution is 2.30. The molecule has 0 aliphatic rings. The minimum Gasteiger partial charge on any atom is -0.340 e. The van der Waals surface area contributed by atoms with Crippen LogP contribution < -0.4 is 4.31 Å². The summed E-state index contributed by atoms with van der Waals surface area (Å²) in [6.45, 7) is 3.89. The molecule has 1 amide bonds. The van der Waals surface area contributed by atoms with E-state index in [-0.39, 0.29) is 28.1 Å². The van der Waals surface area contributed by atoms with Crippen LogP contribution in [0, 0.1) is 13.8 Å². The van der Waals surface area contributed by atoms with Crippen molar-refractivity contribution in [1.29, 1.82) is 0 Å². The number of sulfonamides is 1. The van der Waals surface area contributed by atoms with Crippen LogP contribution in [0.4, 0.5) is 5.69 Å². The highest BCUT2D eigenvalue weighted by atomic mass is 35.5. The Hall–Kier alpha value is -2.83. The Balaban J connectivity index is 1.91. The standard InChI is InChI=1S/C24H25ClN2O3S/c1-18-8-12-20(13-9-18)16-26(3)24(28)17-27(23-7-5-4-6-22(23)25)31(29,30)21-14-10-19(2)11-15-21/h4-15H,16-17H2,1-3H3. The summed E-state index contributed by atoms with van der Waals surface area (Å²) < 4.78 is 28.0. The van der Waals surface area contributed by atoms with Gasteiger partial charge in [0.25, 0.3) is 10.0 Å². The van der Waals surface area contributed by atoms with Crippen molar-refractivity contribution in [2.24, 2.45) is 0 Å². The first-order valence-corrected chi connectivity index (χ1v) is 11.6. The Morgan fingerprint density at radius 1 is 0.871 bits per heavy atom. The summed E-state index contributed by atoms with van der Waals surface area (Å²) >= 11 is 6.31. The first-order valence-electron chi connectivity index (χ1n) is 9.82. The van der Waals surface area contributed by atoms with Gasteiger partial charge in [0.05, 0.1) is 15.6 Å². The minimum atomic E-state index is -4.00. The molecule has 0 aliphatic heterocycles. The molecule has 0 aliphatic carbocycles. The number of carbonyl (C=O) groups is 1. The SMILES string of the molecule is Cc1ccc(CN(C)C(=O)CN(c2ccccc2Cl)S(=O)(=O)c2ccc(C)cc2)cc1. The summed E-state index contributed by atoms with van der Waals surface area (Å²) in [5, 5.41) is 0.257. The van der Waals surface area contributed by atoms with Crippen LogP contribution in [0.2, 0.25) is 5.02 Å². The van der Waals surface area contributed by atoms with E-state index in [0.717, 1.165) is 21.0 Å². The molecule has 0 aromatic heterocycles. The molecule has 3 aromatic rings. The van der Waals surface area contributed by atoms with Crippen molar-refractivity contribution in [3.8, 4) is 0 Å². The molecule has 0 atom stereocenters. The molecular formula is C24H25ClN2O3S. The molecular weight excluding hydrogens is 432 g/mol. The van der Waals surface area contributed by atoms with E-state index in [1.54, 1.807) is 43.4 Å². The number of benzene rings is 3. The summed E-state index contributed by atoms with van der Waals surface area (Å²) in [5.74, 6) is -0.337. The molecule has 0 fully saturated rings. The van der Waals surface area contributed by atoms with E-state index in [0.29, 0.717) is 6.54 Å². The molecule has 0 unspecified atom stereocenters. The van der Waals surface area contributed by atoms with Gasteiger partial charge >= 0.3 is 0 Å². The van der Waals surface area contributed by atoms with Gasteiger partial charge in [-0.25, -0.2) is 8.42 Å². The highest BCUT2D eigenvalue weighted by molar-refractivity contribution is 7.92. The Morgan fingerprint density at radius 3 is 2.00 bits per heavy atom. The maximum Gasteiger partial charge on any atom is 0.264 e. The topological polar surface area (TPSA) is 57.7 Å². The number of rotatable bonds is 7. The lowest BCUT2D eigenvalue weighted by Crippen LogP contribution is -2.41. The zero-order valence-corrected chi connectivity index (χ0v) is 19.3. The van der Waals surface area contributed by atoms with Crippen LogP contribution in [-0.2, 0) is 21.4 Å². The molecule has 0 bridgehead atoms. The van der Waals surface area contributed by atoms with E-state index in [4.69, 9.17) is 11.6 Å². The minimum absolute atomic E-state index is 0.104. The molecule has 0 spiro atoms. The van der Waals surface area contributed by atoms with Gasteiger partial charge < -0.3 is 4.90 Å².